The van der Waals surface area contributed by atoms with Crippen molar-refractivity contribution in [1.29, 1.82) is 0 Å². The highest BCUT2D eigenvalue weighted by Crippen LogP contribution is 2.14. The Balaban J connectivity index is 1.74. The van der Waals surface area contributed by atoms with Crippen LogP contribution in [0.25, 0.3) is 0 Å². The van der Waals surface area contributed by atoms with Gasteiger partial charge in [-0.1, -0.05) is 42.5 Å². The lowest BCUT2D eigenvalue weighted by Crippen LogP contribution is -2.30. The molecular weight excluding hydrogens is 326 g/mol. The molecule has 0 saturated carbocycles. The lowest BCUT2D eigenvalue weighted by Gasteiger charge is -2.17. The number of aromatic nitrogens is 2. The summed E-state index contributed by atoms with van der Waals surface area (Å²) in [7, 11) is 0. The fraction of sp³-hybridized carbons (Fsp3) is 0.238. The molecule has 5 nitrogen and oxygen atoms in total. The molecule has 0 aliphatic rings. The minimum atomic E-state index is -0.427. The first-order chi connectivity index (χ1) is 12.6. The second-order valence-corrected chi connectivity index (χ2v) is 6.40. The van der Waals surface area contributed by atoms with Gasteiger partial charge in [-0.15, -0.1) is 0 Å². The molecule has 3 aromatic rings. The van der Waals surface area contributed by atoms with E-state index in [4.69, 9.17) is 0 Å². The fourth-order valence-electron chi connectivity index (χ4n) is 2.98. The van der Waals surface area contributed by atoms with Gasteiger partial charge in [0.1, 0.15) is 0 Å². The summed E-state index contributed by atoms with van der Waals surface area (Å²) in [6, 6.07) is 18.6. The lowest BCUT2D eigenvalue weighted by molar-refractivity contribution is 0.0916. The van der Waals surface area contributed by atoms with Crippen LogP contribution in [-0.2, 0) is 6.54 Å². The SMILES string of the molecule is Cc1cc(C)n(Cc2cccc(C(=O)N[C@H](CO)c3ccccc3)c2)n1. The minimum Gasteiger partial charge on any atom is -0.394 e. The summed E-state index contributed by atoms with van der Waals surface area (Å²) >= 11 is 0. The summed E-state index contributed by atoms with van der Waals surface area (Å²) in [5.41, 5.74) is 4.51. The number of amides is 1. The topological polar surface area (TPSA) is 67.2 Å². The lowest BCUT2D eigenvalue weighted by atomic mass is 10.1. The highest BCUT2D eigenvalue weighted by Gasteiger charge is 2.15. The molecule has 0 radical (unpaired) electrons. The molecule has 26 heavy (non-hydrogen) atoms. The average molecular weight is 349 g/mol. The van der Waals surface area contributed by atoms with E-state index in [9.17, 15) is 9.90 Å². The number of aryl methyl sites for hydroxylation is 2. The van der Waals surface area contributed by atoms with Gasteiger partial charge in [0.2, 0.25) is 0 Å². The van der Waals surface area contributed by atoms with Crippen molar-refractivity contribution in [2.75, 3.05) is 6.61 Å². The fourth-order valence-corrected chi connectivity index (χ4v) is 2.98. The van der Waals surface area contributed by atoms with E-state index in [-0.39, 0.29) is 12.5 Å². The van der Waals surface area contributed by atoms with Crippen LogP contribution in [0.1, 0.15) is 38.9 Å². The number of aliphatic hydroxyl groups excluding tert-OH is 1. The molecule has 0 bridgehead atoms. The zero-order valence-corrected chi connectivity index (χ0v) is 15.0. The maximum atomic E-state index is 12.6. The number of carbonyl (C=O) groups excluding carboxylic acids is 1. The Kier molecular flexibility index (Phi) is 5.49. The van der Waals surface area contributed by atoms with Gasteiger partial charge >= 0.3 is 0 Å². The van der Waals surface area contributed by atoms with Crippen LogP contribution in [0.3, 0.4) is 0 Å². The minimum absolute atomic E-state index is 0.152. The zero-order valence-electron chi connectivity index (χ0n) is 15.0. The van der Waals surface area contributed by atoms with Crippen LogP contribution < -0.4 is 5.32 Å². The molecule has 2 N–H and O–H groups in total. The van der Waals surface area contributed by atoms with Crippen molar-refractivity contribution in [3.63, 3.8) is 0 Å². The van der Waals surface area contributed by atoms with Crippen LogP contribution in [-0.4, -0.2) is 27.4 Å². The van der Waals surface area contributed by atoms with Crippen molar-refractivity contribution >= 4 is 5.91 Å². The summed E-state index contributed by atoms with van der Waals surface area (Å²) in [4.78, 5) is 12.6. The van der Waals surface area contributed by atoms with Gasteiger partial charge in [-0.2, -0.15) is 5.10 Å². The molecule has 2 aromatic carbocycles. The normalized spacial score (nSPS) is 12.0. The predicted octanol–water partition coefficient (Wildman–Crippen LogP) is 3.01. The molecule has 1 atom stereocenters. The Morgan fingerprint density at radius 3 is 2.54 bits per heavy atom. The third-order valence-electron chi connectivity index (χ3n) is 4.31. The molecule has 0 aliphatic carbocycles. The third-order valence-corrected chi connectivity index (χ3v) is 4.31. The standard InChI is InChI=1S/C21H23N3O2/c1-15-11-16(2)24(23-15)13-17-7-6-10-19(12-17)21(26)22-20(14-25)18-8-4-3-5-9-18/h3-12,20,25H,13-14H2,1-2H3,(H,22,26)/t20-/m1/s1. The van der Waals surface area contributed by atoms with Crippen LogP contribution in [0.4, 0.5) is 0 Å². The zero-order chi connectivity index (χ0) is 18.5. The highest BCUT2D eigenvalue weighted by atomic mass is 16.3. The monoisotopic (exact) mass is 349 g/mol. The van der Waals surface area contributed by atoms with Crippen LogP contribution in [0.2, 0.25) is 0 Å². The van der Waals surface area contributed by atoms with E-state index in [0.29, 0.717) is 12.1 Å². The molecule has 3 rings (SSSR count). The van der Waals surface area contributed by atoms with E-state index in [1.54, 1.807) is 6.07 Å². The van der Waals surface area contributed by atoms with E-state index >= 15 is 0 Å². The van der Waals surface area contributed by atoms with Crippen LogP contribution in [0.5, 0.6) is 0 Å². The summed E-state index contributed by atoms with van der Waals surface area (Å²) in [5.74, 6) is -0.205. The third kappa shape index (κ3) is 4.18. The summed E-state index contributed by atoms with van der Waals surface area (Å²) in [6.07, 6.45) is 0. The van der Waals surface area contributed by atoms with Crippen molar-refractivity contribution in [3.05, 3.63) is 88.7 Å². The number of aliphatic hydroxyl groups is 1. The second kappa shape index (κ2) is 7.97. The first-order valence-electron chi connectivity index (χ1n) is 8.63. The average Bonchev–Trinajstić information content (AvgIpc) is 2.97. The van der Waals surface area contributed by atoms with E-state index in [2.05, 4.69) is 10.4 Å². The summed E-state index contributed by atoms with van der Waals surface area (Å²) < 4.78 is 1.92. The molecule has 0 saturated heterocycles. The van der Waals surface area contributed by atoms with Crippen molar-refractivity contribution in [2.24, 2.45) is 0 Å². The van der Waals surface area contributed by atoms with Crippen molar-refractivity contribution in [1.82, 2.24) is 15.1 Å². The number of hydrogen-bond donors (Lipinski definition) is 2. The van der Waals surface area contributed by atoms with Gasteiger partial charge in [-0.05, 0) is 43.2 Å². The Hall–Kier alpha value is -2.92. The molecule has 0 spiro atoms. The molecule has 0 fully saturated rings. The Morgan fingerprint density at radius 1 is 1.12 bits per heavy atom. The highest BCUT2D eigenvalue weighted by molar-refractivity contribution is 5.94. The number of carbonyl (C=O) groups is 1. The van der Waals surface area contributed by atoms with Crippen LogP contribution >= 0.6 is 0 Å². The molecule has 1 heterocycles. The molecule has 0 aliphatic heterocycles. The van der Waals surface area contributed by atoms with Crippen molar-refractivity contribution in [2.45, 2.75) is 26.4 Å². The predicted molar refractivity (Wildman–Crippen MR) is 101 cm³/mol. The summed E-state index contributed by atoms with van der Waals surface area (Å²) in [6.45, 7) is 4.44. The van der Waals surface area contributed by atoms with E-state index in [1.807, 2.05) is 73.1 Å². The van der Waals surface area contributed by atoms with Gasteiger partial charge in [0.25, 0.3) is 5.91 Å². The molecule has 5 heteroatoms. The van der Waals surface area contributed by atoms with Gasteiger partial charge in [0.15, 0.2) is 0 Å². The maximum absolute atomic E-state index is 12.6. The molecule has 1 aromatic heterocycles. The summed E-state index contributed by atoms with van der Waals surface area (Å²) in [5, 5.41) is 17.0. The van der Waals surface area contributed by atoms with Gasteiger partial charge in [-0.25, -0.2) is 0 Å². The molecule has 134 valence electrons. The number of benzene rings is 2. The van der Waals surface area contributed by atoms with Crippen LogP contribution in [0, 0.1) is 13.8 Å². The van der Waals surface area contributed by atoms with Gasteiger partial charge in [0.05, 0.1) is 24.9 Å². The number of nitrogens with one attached hydrogen (secondary N) is 1. The van der Waals surface area contributed by atoms with Crippen molar-refractivity contribution < 1.29 is 9.90 Å². The van der Waals surface area contributed by atoms with E-state index in [0.717, 1.165) is 22.5 Å². The number of rotatable bonds is 6. The Morgan fingerprint density at radius 2 is 1.88 bits per heavy atom. The maximum Gasteiger partial charge on any atom is 0.251 e. The van der Waals surface area contributed by atoms with Gasteiger partial charge in [-0.3, -0.25) is 9.48 Å². The van der Waals surface area contributed by atoms with Gasteiger partial charge in [0, 0.05) is 11.3 Å². The van der Waals surface area contributed by atoms with Crippen molar-refractivity contribution in [3.8, 4) is 0 Å². The molecule has 0 unspecified atom stereocenters. The second-order valence-electron chi connectivity index (χ2n) is 6.40. The quantitative estimate of drug-likeness (QED) is 0.719. The largest absolute Gasteiger partial charge is 0.394 e. The first-order valence-corrected chi connectivity index (χ1v) is 8.63. The Bertz CT molecular complexity index is 887. The molecular formula is C21H23N3O2. The Labute approximate surface area is 153 Å². The smallest absolute Gasteiger partial charge is 0.251 e. The van der Waals surface area contributed by atoms with E-state index in [1.165, 1.54) is 0 Å². The van der Waals surface area contributed by atoms with Crippen LogP contribution in [0.15, 0.2) is 60.7 Å². The van der Waals surface area contributed by atoms with Gasteiger partial charge < -0.3 is 10.4 Å². The first kappa shape index (κ1) is 17.9. The van der Waals surface area contributed by atoms with E-state index < -0.39 is 6.04 Å². The molecule has 1 amide bonds. The number of nitrogens with zero attached hydrogens (tertiary/aromatic N) is 2. The number of hydrogen-bond acceptors (Lipinski definition) is 3.